The summed E-state index contributed by atoms with van der Waals surface area (Å²) in [5, 5.41) is 5.32. The fourth-order valence-corrected chi connectivity index (χ4v) is 4.58. The Bertz CT molecular complexity index is 1360. The number of ether oxygens (including phenoxy) is 1. The molecule has 184 valence electrons. The van der Waals surface area contributed by atoms with Crippen LogP contribution in [0.1, 0.15) is 69.7 Å². The standard InChI is InChI=1S/C28H33BrN4O2/c1-3-4-5-6-7-8-9-10-17-35-23-14-11-21(12-15-23)19-30-33-20(2)31-26-24-18-22(29)13-16-25(24)32-27(26)28(33)34/h11-16,18-19,32H,3-10,17H2,1-2H3. The quantitative estimate of drug-likeness (QED) is 0.152. The predicted molar refractivity (Wildman–Crippen MR) is 148 cm³/mol. The van der Waals surface area contributed by atoms with Crippen LogP contribution >= 0.6 is 15.9 Å². The molecule has 2 aromatic carbocycles. The van der Waals surface area contributed by atoms with E-state index in [4.69, 9.17) is 4.74 Å². The monoisotopic (exact) mass is 536 g/mol. The molecule has 0 aliphatic heterocycles. The Labute approximate surface area is 214 Å². The first-order chi connectivity index (χ1) is 17.1. The van der Waals surface area contributed by atoms with E-state index < -0.39 is 0 Å². The average Bonchev–Trinajstić information content (AvgIpc) is 3.21. The maximum atomic E-state index is 13.1. The van der Waals surface area contributed by atoms with Gasteiger partial charge in [-0.05, 0) is 61.4 Å². The zero-order valence-electron chi connectivity index (χ0n) is 20.5. The maximum absolute atomic E-state index is 13.1. The van der Waals surface area contributed by atoms with Crippen molar-refractivity contribution in [2.45, 2.75) is 65.2 Å². The predicted octanol–water partition coefficient (Wildman–Crippen LogP) is 7.35. The molecule has 0 spiro atoms. The first-order valence-electron chi connectivity index (χ1n) is 12.5. The van der Waals surface area contributed by atoms with Crippen LogP contribution in [0.2, 0.25) is 0 Å². The number of rotatable bonds is 12. The molecule has 0 atom stereocenters. The second-order valence-corrected chi connectivity index (χ2v) is 9.87. The van der Waals surface area contributed by atoms with E-state index in [2.05, 4.69) is 37.9 Å². The van der Waals surface area contributed by atoms with Gasteiger partial charge < -0.3 is 9.72 Å². The number of hydrogen-bond acceptors (Lipinski definition) is 4. The highest BCUT2D eigenvalue weighted by Crippen LogP contribution is 2.25. The SMILES string of the molecule is CCCCCCCCCCOc1ccc(C=Nn2c(C)nc3c([nH]c4ccc(Br)cc43)c2=O)cc1. The number of unbranched alkanes of at least 4 members (excludes halogenated alkanes) is 7. The number of halogens is 1. The molecule has 0 unspecified atom stereocenters. The van der Waals surface area contributed by atoms with Gasteiger partial charge in [-0.1, -0.05) is 67.8 Å². The third-order valence-corrected chi connectivity index (χ3v) is 6.68. The first kappa shape index (κ1) is 25.2. The maximum Gasteiger partial charge on any atom is 0.298 e. The summed E-state index contributed by atoms with van der Waals surface area (Å²) < 4.78 is 8.15. The lowest BCUT2D eigenvalue weighted by Gasteiger charge is -2.07. The van der Waals surface area contributed by atoms with Gasteiger partial charge in [0.15, 0.2) is 0 Å². The summed E-state index contributed by atoms with van der Waals surface area (Å²) in [5.41, 5.74) is 2.65. The average molecular weight is 538 g/mol. The molecule has 0 amide bonds. The van der Waals surface area contributed by atoms with Gasteiger partial charge in [-0.15, -0.1) is 0 Å². The van der Waals surface area contributed by atoms with Crippen LogP contribution in [-0.2, 0) is 0 Å². The second kappa shape index (κ2) is 12.2. The van der Waals surface area contributed by atoms with Gasteiger partial charge in [0.25, 0.3) is 5.56 Å². The van der Waals surface area contributed by atoms with E-state index in [-0.39, 0.29) is 5.56 Å². The molecular formula is C28H33BrN4O2. The summed E-state index contributed by atoms with van der Waals surface area (Å²) >= 11 is 3.49. The van der Waals surface area contributed by atoms with E-state index in [1.54, 1.807) is 13.1 Å². The van der Waals surface area contributed by atoms with Crippen molar-refractivity contribution in [3.63, 3.8) is 0 Å². The number of nitrogens with one attached hydrogen (secondary N) is 1. The molecule has 0 aliphatic carbocycles. The van der Waals surface area contributed by atoms with Gasteiger partial charge in [0.05, 0.1) is 12.8 Å². The van der Waals surface area contributed by atoms with Crippen LogP contribution in [0, 0.1) is 6.92 Å². The zero-order chi connectivity index (χ0) is 24.6. The van der Waals surface area contributed by atoms with Crippen LogP contribution in [-0.4, -0.2) is 27.5 Å². The molecule has 0 saturated heterocycles. The Hall–Kier alpha value is -2.93. The molecule has 0 saturated carbocycles. The van der Waals surface area contributed by atoms with E-state index in [9.17, 15) is 4.79 Å². The first-order valence-corrected chi connectivity index (χ1v) is 13.3. The zero-order valence-corrected chi connectivity index (χ0v) is 22.1. The lowest BCUT2D eigenvalue weighted by Crippen LogP contribution is -2.20. The van der Waals surface area contributed by atoms with E-state index in [1.165, 1.54) is 49.6 Å². The molecule has 0 radical (unpaired) electrons. The normalized spacial score (nSPS) is 11.7. The highest BCUT2D eigenvalue weighted by Gasteiger charge is 2.13. The lowest BCUT2D eigenvalue weighted by molar-refractivity contribution is 0.304. The number of nitrogens with zero attached hydrogens (tertiary/aromatic N) is 3. The van der Waals surface area contributed by atoms with Crippen LogP contribution in [0.4, 0.5) is 0 Å². The van der Waals surface area contributed by atoms with Gasteiger partial charge in [0.1, 0.15) is 22.6 Å². The molecule has 7 heteroatoms. The fraction of sp³-hybridized carbons (Fsp3) is 0.393. The topological polar surface area (TPSA) is 72.3 Å². The molecule has 1 N–H and O–H groups in total. The highest BCUT2D eigenvalue weighted by atomic mass is 79.9. The second-order valence-electron chi connectivity index (χ2n) is 8.95. The Morgan fingerprint density at radius 3 is 2.49 bits per heavy atom. The minimum Gasteiger partial charge on any atom is -0.494 e. The molecule has 35 heavy (non-hydrogen) atoms. The third kappa shape index (κ3) is 6.40. The van der Waals surface area contributed by atoms with E-state index >= 15 is 0 Å². The highest BCUT2D eigenvalue weighted by molar-refractivity contribution is 9.10. The molecule has 4 rings (SSSR count). The van der Waals surface area contributed by atoms with Crippen molar-refractivity contribution < 1.29 is 4.74 Å². The van der Waals surface area contributed by atoms with Crippen LogP contribution < -0.4 is 10.3 Å². The summed E-state index contributed by atoms with van der Waals surface area (Å²) in [6.07, 6.45) is 12.0. The van der Waals surface area contributed by atoms with Crippen LogP contribution in [0.3, 0.4) is 0 Å². The van der Waals surface area contributed by atoms with E-state index in [0.717, 1.165) is 39.7 Å². The van der Waals surface area contributed by atoms with Gasteiger partial charge in [-0.2, -0.15) is 9.78 Å². The van der Waals surface area contributed by atoms with Crippen molar-refractivity contribution in [1.29, 1.82) is 0 Å². The van der Waals surface area contributed by atoms with Crippen molar-refractivity contribution in [1.82, 2.24) is 14.6 Å². The van der Waals surface area contributed by atoms with E-state index in [1.807, 2.05) is 42.5 Å². The summed E-state index contributed by atoms with van der Waals surface area (Å²) in [6.45, 7) is 4.78. The molecule has 0 fully saturated rings. The summed E-state index contributed by atoms with van der Waals surface area (Å²) in [4.78, 5) is 20.9. The molecule has 2 aromatic heterocycles. The Balaban J connectivity index is 1.35. The van der Waals surface area contributed by atoms with Gasteiger partial charge in [0, 0.05) is 15.4 Å². The number of fused-ring (bicyclic) bond motifs is 3. The van der Waals surface area contributed by atoms with Crippen LogP contribution in [0.5, 0.6) is 5.75 Å². The van der Waals surface area contributed by atoms with Gasteiger partial charge in [-0.3, -0.25) is 4.79 Å². The molecule has 6 nitrogen and oxygen atoms in total. The van der Waals surface area contributed by atoms with Gasteiger partial charge >= 0.3 is 0 Å². The Morgan fingerprint density at radius 2 is 1.74 bits per heavy atom. The Kier molecular flexibility index (Phi) is 8.74. The van der Waals surface area contributed by atoms with Gasteiger partial charge in [-0.25, -0.2) is 4.98 Å². The number of aromatic amines is 1. The minimum absolute atomic E-state index is 0.221. The number of aryl methyl sites for hydroxylation is 1. The lowest BCUT2D eigenvalue weighted by atomic mass is 10.1. The number of aromatic nitrogens is 3. The van der Waals surface area contributed by atoms with Crippen molar-refractivity contribution in [3.8, 4) is 5.75 Å². The smallest absolute Gasteiger partial charge is 0.298 e. The van der Waals surface area contributed by atoms with Crippen molar-refractivity contribution >= 4 is 44.1 Å². The summed E-state index contributed by atoms with van der Waals surface area (Å²) in [7, 11) is 0. The fourth-order valence-electron chi connectivity index (χ4n) is 4.22. The van der Waals surface area contributed by atoms with Crippen LogP contribution in [0.25, 0.3) is 21.9 Å². The summed E-state index contributed by atoms with van der Waals surface area (Å²) in [5.74, 6) is 1.38. The van der Waals surface area contributed by atoms with Crippen LogP contribution in [0.15, 0.2) is 56.8 Å². The summed E-state index contributed by atoms with van der Waals surface area (Å²) in [6, 6.07) is 13.6. The number of H-pyrrole nitrogens is 1. The molecule has 0 bridgehead atoms. The number of hydrogen-bond donors (Lipinski definition) is 1. The van der Waals surface area contributed by atoms with E-state index in [0.29, 0.717) is 16.9 Å². The van der Waals surface area contributed by atoms with Crippen molar-refractivity contribution in [2.24, 2.45) is 5.10 Å². The van der Waals surface area contributed by atoms with Gasteiger partial charge in [0.2, 0.25) is 0 Å². The molecule has 4 aromatic rings. The molecule has 2 heterocycles. The minimum atomic E-state index is -0.221. The van der Waals surface area contributed by atoms with Crippen molar-refractivity contribution in [2.75, 3.05) is 6.61 Å². The third-order valence-electron chi connectivity index (χ3n) is 6.19. The molecule has 0 aliphatic rings. The van der Waals surface area contributed by atoms with Crippen molar-refractivity contribution in [3.05, 3.63) is 68.7 Å². The largest absolute Gasteiger partial charge is 0.494 e. The number of benzene rings is 2. The molecular weight excluding hydrogens is 504 g/mol. The Morgan fingerprint density at radius 1 is 1.03 bits per heavy atom.